The van der Waals surface area contributed by atoms with Gasteiger partial charge in [0.15, 0.2) is 5.82 Å². The van der Waals surface area contributed by atoms with E-state index in [1.165, 1.54) is 0 Å². The minimum Gasteiger partial charge on any atom is -0.399 e. The summed E-state index contributed by atoms with van der Waals surface area (Å²) in [6.45, 7) is 1.97. The summed E-state index contributed by atoms with van der Waals surface area (Å²) in [6, 6.07) is 5.80. The molecule has 2 aromatic rings. The van der Waals surface area contributed by atoms with Crippen LogP contribution in [0.4, 0.5) is 5.69 Å². The second kappa shape index (κ2) is 3.14. The molecule has 14 heavy (non-hydrogen) atoms. The molecule has 2 rings (SSSR count). The lowest BCUT2D eigenvalue weighted by Crippen LogP contribution is -1.91. The van der Waals surface area contributed by atoms with E-state index in [0.717, 1.165) is 22.6 Å². The molecule has 0 fully saturated rings. The number of hydrogen-bond acceptors (Lipinski definition) is 3. The van der Waals surface area contributed by atoms with Crippen molar-refractivity contribution in [1.29, 1.82) is 0 Å². The average Bonchev–Trinajstić information content (AvgIpc) is 2.57. The molecule has 0 atom stereocenters. The molecular formula is C10H12N4. The van der Waals surface area contributed by atoms with Gasteiger partial charge in [0.1, 0.15) is 6.33 Å². The van der Waals surface area contributed by atoms with Crippen LogP contribution in [0.3, 0.4) is 0 Å². The number of nitrogens with zero attached hydrogens (tertiary/aromatic N) is 3. The first-order valence-corrected chi connectivity index (χ1v) is 4.39. The molecule has 0 saturated carbocycles. The summed E-state index contributed by atoms with van der Waals surface area (Å²) in [5.74, 6) is 0.732. The normalized spacial score (nSPS) is 10.4. The number of benzene rings is 1. The van der Waals surface area contributed by atoms with Crippen molar-refractivity contribution in [2.24, 2.45) is 7.05 Å². The van der Waals surface area contributed by atoms with E-state index in [0.29, 0.717) is 0 Å². The Morgan fingerprint density at radius 2 is 2.14 bits per heavy atom. The molecule has 4 nitrogen and oxygen atoms in total. The second-order valence-corrected chi connectivity index (χ2v) is 3.31. The van der Waals surface area contributed by atoms with Crippen LogP contribution in [0.1, 0.15) is 5.56 Å². The molecule has 0 bridgehead atoms. The summed E-state index contributed by atoms with van der Waals surface area (Å²) in [4.78, 5) is 4.17. The lowest BCUT2D eigenvalue weighted by molar-refractivity contribution is 0.768. The largest absolute Gasteiger partial charge is 0.399 e. The molecule has 72 valence electrons. The molecule has 2 N–H and O–H groups in total. The Kier molecular flexibility index (Phi) is 1.96. The quantitative estimate of drug-likeness (QED) is 0.688. The number of aromatic nitrogens is 3. The zero-order chi connectivity index (χ0) is 10.1. The zero-order valence-corrected chi connectivity index (χ0v) is 8.23. The van der Waals surface area contributed by atoms with Crippen LogP contribution in [0.25, 0.3) is 11.4 Å². The van der Waals surface area contributed by atoms with Crippen molar-refractivity contribution in [2.45, 2.75) is 6.92 Å². The van der Waals surface area contributed by atoms with Gasteiger partial charge in [0.05, 0.1) is 0 Å². The Bertz CT molecular complexity index is 459. The summed E-state index contributed by atoms with van der Waals surface area (Å²) in [6.07, 6.45) is 1.68. The minimum absolute atomic E-state index is 0.732. The van der Waals surface area contributed by atoms with Crippen molar-refractivity contribution in [1.82, 2.24) is 14.8 Å². The molecule has 0 radical (unpaired) electrons. The summed E-state index contributed by atoms with van der Waals surface area (Å²) >= 11 is 0. The molecule has 1 aromatic heterocycles. The van der Waals surface area contributed by atoms with Gasteiger partial charge in [-0.1, -0.05) is 0 Å². The lowest BCUT2D eigenvalue weighted by Gasteiger charge is -2.01. The highest BCUT2D eigenvalue weighted by molar-refractivity contribution is 5.61. The number of nitrogen functional groups attached to an aromatic ring is 1. The molecule has 0 aliphatic heterocycles. The predicted molar refractivity (Wildman–Crippen MR) is 55.6 cm³/mol. The smallest absolute Gasteiger partial charge is 0.181 e. The minimum atomic E-state index is 0.732. The lowest BCUT2D eigenvalue weighted by atomic mass is 10.1. The van der Waals surface area contributed by atoms with Crippen LogP contribution in [0, 0.1) is 6.92 Å². The fourth-order valence-corrected chi connectivity index (χ4v) is 1.29. The summed E-state index contributed by atoms with van der Waals surface area (Å²) in [5, 5.41) is 4.22. The van der Waals surface area contributed by atoms with E-state index in [2.05, 4.69) is 10.1 Å². The van der Waals surface area contributed by atoms with Gasteiger partial charge in [0.25, 0.3) is 0 Å². The van der Waals surface area contributed by atoms with Gasteiger partial charge in [-0.3, -0.25) is 4.68 Å². The third-order valence-corrected chi connectivity index (χ3v) is 2.13. The summed E-state index contributed by atoms with van der Waals surface area (Å²) in [5.41, 5.74) is 8.57. The van der Waals surface area contributed by atoms with Crippen molar-refractivity contribution in [3.63, 3.8) is 0 Å². The summed E-state index contributed by atoms with van der Waals surface area (Å²) in [7, 11) is 1.85. The topological polar surface area (TPSA) is 56.7 Å². The van der Waals surface area contributed by atoms with E-state index in [9.17, 15) is 0 Å². The van der Waals surface area contributed by atoms with Crippen LogP contribution in [0.5, 0.6) is 0 Å². The van der Waals surface area contributed by atoms with E-state index >= 15 is 0 Å². The Morgan fingerprint density at radius 3 is 2.71 bits per heavy atom. The van der Waals surface area contributed by atoms with Crippen LogP contribution in [-0.2, 0) is 7.05 Å². The molecule has 0 aliphatic carbocycles. The average molecular weight is 188 g/mol. The second-order valence-electron chi connectivity index (χ2n) is 3.31. The predicted octanol–water partition coefficient (Wildman–Crippen LogP) is 1.37. The molecule has 1 aromatic carbocycles. The number of anilines is 1. The molecule has 0 amide bonds. The van der Waals surface area contributed by atoms with E-state index in [1.54, 1.807) is 11.0 Å². The van der Waals surface area contributed by atoms with Crippen LogP contribution in [0.15, 0.2) is 24.5 Å². The maximum absolute atomic E-state index is 5.73. The molecule has 0 saturated heterocycles. The number of hydrogen-bond donors (Lipinski definition) is 1. The van der Waals surface area contributed by atoms with Gasteiger partial charge in [-0.15, -0.1) is 0 Å². The Hall–Kier alpha value is -1.84. The van der Waals surface area contributed by atoms with Gasteiger partial charge in [0.2, 0.25) is 0 Å². The molecule has 1 heterocycles. The molecular weight excluding hydrogens is 176 g/mol. The van der Waals surface area contributed by atoms with Crippen molar-refractivity contribution < 1.29 is 0 Å². The number of nitrogens with two attached hydrogens (primary N) is 1. The zero-order valence-electron chi connectivity index (χ0n) is 8.23. The van der Waals surface area contributed by atoms with Gasteiger partial charge in [-0.25, -0.2) is 4.98 Å². The van der Waals surface area contributed by atoms with Gasteiger partial charge >= 0.3 is 0 Å². The highest BCUT2D eigenvalue weighted by Gasteiger charge is 2.03. The highest BCUT2D eigenvalue weighted by atomic mass is 15.3. The number of aryl methyl sites for hydroxylation is 2. The van der Waals surface area contributed by atoms with E-state index in [-0.39, 0.29) is 0 Å². The summed E-state index contributed by atoms with van der Waals surface area (Å²) < 4.78 is 1.68. The van der Waals surface area contributed by atoms with Crippen LogP contribution >= 0.6 is 0 Å². The third kappa shape index (κ3) is 1.46. The maximum atomic E-state index is 5.73. The fourth-order valence-electron chi connectivity index (χ4n) is 1.29. The van der Waals surface area contributed by atoms with E-state index in [1.807, 2.05) is 32.2 Å². The van der Waals surface area contributed by atoms with Gasteiger partial charge in [-0.2, -0.15) is 5.10 Å². The maximum Gasteiger partial charge on any atom is 0.181 e. The van der Waals surface area contributed by atoms with Crippen molar-refractivity contribution in [2.75, 3.05) is 5.73 Å². The SMILES string of the molecule is Cc1cc(-c2ncn(C)n2)ccc1N. The van der Waals surface area contributed by atoms with Crippen LogP contribution in [-0.4, -0.2) is 14.8 Å². The Labute approximate surface area is 82.4 Å². The molecule has 0 spiro atoms. The van der Waals surface area contributed by atoms with Crippen molar-refractivity contribution in [3.8, 4) is 11.4 Å². The molecule has 0 unspecified atom stereocenters. The third-order valence-electron chi connectivity index (χ3n) is 2.13. The monoisotopic (exact) mass is 188 g/mol. The first-order valence-electron chi connectivity index (χ1n) is 4.39. The molecule has 4 heteroatoms. The standard InChI is InChI=1S/C10H12N4/c1-7-5-8(3-4-9(7)11)10-12-6-14(2)13-10/h3-6H,11H2,1-2H3. The first kappa shape index (κ1) is 8.74. The Morgan fingerprint density at radius 1 is 1.36 bits per heavy atom. The van der Waals surface area contributed by atoms with Crippen molar-refractivity contribution in [3.05, 3.63) is 30.1 Å². The Balaban J connectivity index is 2.47. The van der Waals surface area contributed by atoms with Crippen LogP contribution in [0.2, 0.25) is 0 Å². The van der Waals surface area contributed by atoms with Crippen LogP contribution < -0.4 is 5.73 Å². The first-order chi connectivity index (χ1) is 6.66. The van der Waals surface area contributed by atoms with Gasteiger partial charge in [0, 0.05) is 18.3 Å². The van der Waals surface area contributed by atoms with E-state index < -0.39 is 0 Å². The fraction of sp³-hybridized carbons (Fsp3) is 0.200. The molecule has 0 aliphatic rings. The van der Waals surface area contributed by atoms with Gasteiger partial charge < -0.3 is 5.73 Å². The van der Waals surface area contributed by atoms with Crippen molar-refractivity contribution >= 4 is 5.69 Å². The number of rotatable bonds is 1. The van der Waals surface area contributed by atoms with E-state index in [4.69, 9.17) is 5.73 Å². The van der Waals surface area contributed by atoms with Gasteiger partial charge in [-0.05, 0) is 30.7 Å². The highest BCUT2D eigenvalue weighted by Crippen LogP contribution is 2.19.